The average Bonchev–Trinajstić information content (AvgIpc) is 2.85. The molecule has 0 aromatic heterocycles. The molecular weight excluding hydrogens is 472 g/mol. The van der Waals surface area contributed by atoms with Gasteiger partial charge in [-0.3, -0.25) is 0 Å². The summed E-state index contributed by atoms with van der Waals surface area (Å²) < 4.78 is 30.9. The van der Waals surface area contributed by atoms with Crippen LogP contribution in [0.3, 0.4) is 0 Å². The molecule has 0 aromatic rings. The van der Waals surface area contributed by atoms with Gasteiger partial charge in [0, 0.05) is 64.5 Å². The molecule has 0 bridgehead atoms. The second-order valence-corrected chi connectivity index (χ2v) is 8.92. The maximum atomic E-state index is 8.88. The summed E-state index contributed by atoms with van der Waals surface area (Å²) in [6, 6.07) is 0. The SMILES string of the molecule is CC(COCCO)COCCCO.CC(O)COCCCOCC(C)CO.CCOCC(C)COC. The number of aliphatic hydroxyl groups is 4. The molecule has 10 heteroatoms. The van der Waals surface area contributed by atoms with Crippen molar-refractivity contribution >= 4 is 0 Å². The Kier molecular flexibility index (Phi) is 38.5. The summed E-state index contributed by atoms with van der Waals surface area (Å²) in [5.41, 5.74) is 0. The molecule has 36 heavy (non-hydrogen) atoms. The lowest BCUT2D eigenvalue weighted by Gasteiger charge is -2.11. The van der Waals surface area contributed by atoms with Gasteiger partial charge in [0.25, 0.3) is 0 Å². The van der Waals surface area contributed by atoms with Crippen LogP contribution in [0.4, 0.5) is 0 Å². The molecule has 0 radical (unpaired) electrons. The first-order valence-electron chi connectivity index (χ1n) is 13.2. The van der Waals surface area contributed by atoms with Gasteiger partial charge in [-0.15, -0.1) is 0 Å². The molecule has 4 atom stereocenters. The normalized spacial score (nSPS) is 14.2. The number of rotatable bonds is 23. The Morgan fingerprint density at radius 3 is 1.50 bits per heavy atom. The zero-order valence-electron chi connectivity index (χ0n) is 23.9. The van der Waals surface area contributed by atoms with E-state index in [2.05, 4.69) is 6.92 Å². The lowest BCUT2D eigenvalue weighted by atomic mass is 10.2. The fourth-order valence-corrected chi connectivity index (χ4v) is 2.35. The van der Waals surface area contributed by atoms with E-state index in [0.29, 0.717) is 71.1 Å². The first-order valence-corrected chi connectivity index (χ1v) is 13.2. The second-order valence-electron chi connectivity index (χ2n) is 8.92. The van der Waals surface area contributed by atoms with Crippen LogP contribution in [0, 0.1) is 17.8 Å². The highest BCUT2D eigenvalue weighted by Gasteiger charge is 2.02. The fourth-order valence-electron chi connectivity index (χ4n) is 2.35. The van der Waals surface area contributed by atoms with E-state index in [4.69, 9.17) is 48.8 Å². The van der Waals surface area contributed by atoms with Crippen molar-refractivity contribution in [2.75, 3.05) is 99.6 Å². The predicted octanol–water partition coefficient (Wildman–Crippen LogP) is 1.75. The van der Waals surface area contributed by atoms with E-state index in [-0.39, 0.29) is 25.7 Å². The van der Waals surface area contributed by atoms with E-state index in [1.54, 1.807) is 14.0 Å². The fraction of sp³-hybridized carbons (Fsp3) is 1.00. The summed E-state index contributed by atoms with van der Waals surface area (Å²) in [5, 5.41) is 34.5. The van der Waals surface area contributed by atoms with E-state index in [9.17, 15) is 0 Å². The molecule has 0 aliphatic heterocycles. The Labute approximate surface area is 220 Å². The van der Waals surface area contributed by atoms with Gasteiger partial charge in [-0.05, 0) is 26.7 Å². The van der Waals surface area contributed by atoms with Crippen LogP contribution < -0.4 is 0 Å². The molecule has 4 N–H and O–H groups in total. The van der Waals surface area contributed by atoms with Crippen molar-refractivity contribution in [3.05, 3.63) is 0 Å². The van der Waals surface area contributed by atoms with Crippen molar-refractivity contribution in [3.63, 3.8) is 0 Å². The number of aliphatic hydroxyl groups excluding tert-OH is 4. The van der Waals surface area contributed by atoms with Gasteiger partial charge >= 0.3 is 0 Å². The number of hydrogen-bond donors (Lipinski definition) is 4. The molecule has 0 fully saturated rings. The minimum atomic E-state index is -0.398. The van der Waals surface area contributed by atoms with Gasteiger partial charge < -0.3 is 48.8 Å². The Morgan fingerprint density at radius 1 is 0.556 bits per heavy atom. The molecule has 0 rings (SSSR count). The highest BCUT2D eigenvalue weighted by atomic mass is 16.5. The van der Waals surface area contributed by atoms with Crippen LogP contribution in [0.2, 0.25) is 0 Å². The third-order valence-electron chi connectivity index (χ3n) is 4.20. The molecule has 0 heterocycles. The van der Waals surface area contributed by atoms with E-state index in [1.807, 2.05) is 20.8 Å². The molecule has 0 saturated heterocycles. The van der Waals surface area contributed by atoms with E-state index in [1.165, 1.54) is 0 Å². The van der Waals surface area contributed by atoms with E-state index in [0.717, 1.165) is 26.2 Å². The van der Waals surface area contributed by atoms with Crippen molar-refractivity contribution in [3.8, 4) is 0 Å². The maximum absolute atomic E-state index is 8.88. The maximum Gasteiger partial charge on any atom is 0.0745 e. The van der Waals surface area contributed by atoms with Crippen LogP contribution in [-0.4, -0.2) is 126 Å². The van der Waals surface area contributed by atoms with Crippen molar-refractivity contribution in [1.82, 2.24) is 0 Å². The molecule has 4 unspecified atom stereocenters. The average molecular weight is 531 g/mol. The summed E-state index contributed by atoms with van der Waals surface area (Å²) in [6.45, 7) is 17.0. The Hall–Kier alpha value is -0.400. The Bertz CT molecular complexity index is 375. The standard InChI is InChI=1S/C10H22O4.C9H20O4.C7H16O2/c1-9(6-11)7-13-4-3-5-14-8-10(2)12;1-9(8-13-6-4-11)7-12-5-2-3-10;1-4-9-6-7(2)5-8-3/h9-12H,3-8H2,1-2H3;9-11H,2-8H2,1H3;7H,4-6H2,1-3H3. The zero-order valence-corrected chi connectivity index (χ0v) is 23.9. The number of methoxy groups -OCH3 is 1. The van der Waals surface area contributed by atoms with Gasteiger partial charge in [0.1, 0.15) is 0 Å². The molecule has 0 aliphatic rings. The van der Waals surface area contributed by atoms with Crippen molar-refractivity contribution < 1.29 is 48.8 Å². The van der Waals surface area contributed by atoms with Gasteiger partial charge in [0.05, 0.1) is 59.0 Å². The molecule has 222 valence electrons. The molecule has 0 spiro atoms. The minimum absolute atomic E-state index is 0.0675. The molecule has 0 aromatic carbocycles. The van der Waals surface area contributed by atoms with Gasteiger partial charge in [-0.1, -0.05) is 20.8 Å². The highest BCUT2D eigenvalue weighted by molar-refractivity contribution is 4.49. The van der Waals surface area contributed by atoms with Crippen molar-refractivity contribution in [2.24, 2.45) is 17.8 Å². The Morgan fingerprint density at radius 2 is 1.03 bits per heavy atom. The van der Waals surface area contributed by atoms with Crippen LogP contribution in [0.15, 0.2) is 0 Å². The summed E-state index contributed by atoms with van der Waals surface area (Å²) in [6.07, 6.45) is 1.11. The highest BCUT2D eigenvalue weighted by Crippen LogP contribution is 1.98. The van der Waals surface area contributed by atoms with Crippen LogP contribution in [0.25, 0.3) is 0 Å². The van der Waals surface area contributed by atoms with Crippen LogP contribution in [0.1, 0.15) is 47.5 Å². The summed E-state index contributed by atoms with van der Waals surface area (Å²) in [4.78, 5) is 0. The minimum Gasteiger partial charge on any atom is -0.396 e. The van der Waals surface area contributed by atoms with Crippen LogP contribution in [0.5, 0.6) is 0 Å². The van der Waals surface area contributed by atoms with Gasteiger partial charge in [0.2, 0.25) is 0 Å². The predicted molar refractivity (Wildman–Crippen MR) is 141 cm³/mol. The molecule has 0 saturated carbocycles. The molecular formula is C26H58O10. The van der Waals surface area contributed by atoms with Gasteiger partial charge in [0.15, 0.2) is 0 Å². The summed E-state index contributed by atoms with van der Waals surface area (Å²) in [5.74, 6) is 1.06. The van der Waals surface area contributed by atoms with Gasteiger partial charge in [-0.25, -0.2) is 0 Å². The summed E-state index contributed by atoms with van der Waals surface area (Å²) >= 11 is 0. The lowest BCUT2D eigenvalue weighted by Crippen LogP contribution is -2.15. The van der Waals surface area contributed by atoms with E-state index >= 15 is 0 Å². The quantitative estimate of drug-likeness (QED) is 0.145. The topological polar surface area (TPSA) is 136 Å². The first kappa shape index (κ1) is 40.1. The summed E-state index contributed by atoms with van der Waals surface area (Å²) in [7, 11) is 1.71. The molecule has 10 nitrogen and oxygen atoms in total. The Balaban J connectivity index is -0.000000465. The monoisotopic (exact) mass is 530 g/mol. The molecule has 0 amide bonds. The van der Waals surface area contributed by atoms with Crippen LogP contribution >= 0.6 is 0 Å². The zero-order chi connectivity index (χ0) is 27.9. The largest absolute Gasteiger partial charge is 0.396 e. The van der Waals surface area contributed by atoms with Crippen molar-refractivity contribution in [2.45, 2.75) is 53.6 Å². The smallest absolute Gasteiger partial charge is 0.0745 e. The van der Waals surface area contributed by atoms with Crippen LogP contribution in [-0.2, 0) is 28.4 Å². The van der Waals surface area contributed by atoms with Gasteiger partial charge in [-0.2, -0.15) is 0 Å². The number of ether oxygens (including phenoxy) is 6. The van der Waals surface area contributed by atoms with E-state index < -0.39 is 6.10 Å². The number of hydrogen-bond acceptors (Lipinski definition) is 10. The molecule has 0 aliphatic carbocycles. The second kappa shape index (κ2) is 34.6. The lowest BCUT2D eigenvalue weighted by molar-refractivity contribution is 0.0255. The van der Waals surface area contributed by atoms with Crippen molar-refractivity contribution in [1.29, 1.82) is 0 Å². The third-order valence-corrected chi connectivity index (χ3v) is 4.20. The first-order chi connectivity index (χ1) is 17.3. The third kappa shape index (κ3) is 40.8.